The van der Waals surface area contributed by atoms with Gasteiger partial charge in [0.1, 0.15) is 11.5 Å². The monoisotopic (exact) mass is 529 g/mol. The SMILES string of the molecule is CCCCN(CP1(=O)Oc2ccccc2-c2ccccc21)CP1(=O)Oc2ccccc2-c2ccccc21. The first-order chi connectivity index (χ1) is 18.0. The summed E-state index contributed by atoms with van der Waals surface area (Å²) in [4.78, 5) is 2.03. The van der Waals surface area contributed by atoms with Crippen molar-refractivity contribution in [3.05, 3.63) is 97.1 Å². The standard InChI is InChI=1S/C30H29NO4P2/c1-2-3-20-31(21-36(32)29-18-10-6-14-25(29)23-12-4-8-16-27(23)34-36)22-37(33)30-19-11-7-15-26(30)24-13-5-9-17-28(24)35-37/h4-19H,2-3,20-22H2,1H3. The summed E-state index contributed by atoms with van der Waals surface area (Å²) in [6.45, 7) is 2.76. The number of fused-ring (bicyclic) bond motifs is 6. The van der Waals surface area contributed by atoms with Gasteiger partial charge in [0, 0.05) is 11.1 Å². The van der Waals surface area contributed by atoms with Gasteiger partial charge in [-0.05, 0) is 48.4 Å². The average molecular weight is 530 g/mol. The Hall–Kier alpha value is -3.10. The van der Waals surface area contributed by atoms with Gasteiger partial charge in [-0.2, -0.15) is 0 Å². The quantitative estimate of drug-likeness (QED) is 0.235. The number of para-hydroxylation sites is 2. The fraction of sp³-hybridized carbons (Fsp3) is 0.200. The highest BCUT2D eigenvalue weighted by Gasteiger charge is 2.42. The van der Waals surface area contributed by atoms with Crippen molar-refractivity contribution >= 4 is 25.3 Å². The number of nitrogens with zero attached hydrogens (tertiary/aromatic N) is 1. The van der Waals surface area contributed by atoms with Gasteiger partial charge >= 0.3 is 0 Å². The molecule has 6 rings (SSSR count). The Morgan fingerprint density at radius 1 is 0.595 bits per heavy atom. The van der Waals surface area contributed by atoms with Gasteiger partial charge in [0.15, 0.2) is 0 Å². The van der Waals surface area contributed by atoms with E-state index in [9.17, 15) is 9.13 Å². The predicted molar refractivity (Wildman–Crippen MR) is 151 cm³/mol. The summed E-state index contributed by atoms with van der Waals surface area (Å²) in [5, 5.41) is 1.42. The van der Waals surface area contributed by atoms with E-state index in [1.807, 2.05) is 102 Å². The second kappa shape index (κ2) is 9.65. The molecule has 0 radical (unpaired) electrons. The maximum absolute atomic E-state index is 14.6. The van der Waals surface area contributed by atoms with E-state index in [0.717, 1.165) is 35.1 Å². The van der Waals surface area contributed by atoms with Gasteiger partial charge in [0.25, 0.3) is 14.7 Å². The summed E-state index contributed by atoms with van der Waals surface area (Å²) >= 11 is 0. The highest BCUT2D eigenvalue weighted by Crippen LogP contribution is 2.58. The average Bonchev–Trinajstić information content (AvgIpc) is 2.92. The minimum absolute atomic E-state index is 0.162. The van der Waals surface area contributed by atoms with Gasteiger partial charge in [-0.3, -0.25) is 14.0 Å². The van der Waals surface area contributed by atoms with E-state index in [1.54, 1.807) is 0 Å². The van der Waals surface area contributed by atoms with E-state index < -0.39 is 14.7 Å². The largest absolute Gasteiger partial charge is 0.438 e. The minimum Gasteiger partial charge on any atom is -0.438 e. The van der Waals surface area contributed by atoms with Crippen LogP contribution in [0.25, 0.3) is 22.3 Å². The Kier molecular flexibility index (Phi) is 6.32. The van der Waals surface area contributed by atoms with Crippen molar-refractivity contribution in [3.8, 4) is 33.8 Å². The van der Waals surface area contributed by atoms with Crippen molar-refractivity contribution < 1.29 is 18.2 Å². The lowest BCUT2D eigenvalue weighted by Crippen LogP contribution is -2.35. The molecule has 0 aromatic heterocycles. The molecule has 0 fully saturated rings. The lowest BCUT2D eigenvalue weighted by molar-refractivity contribution is 0.328. The van der Waals surface area contributed by atoms with Crippen LogP contribution in [0, 0.1) is 0 Å². The summed E-state index contributed by atoms with van der Waals surface area (Å²) in [6, 6.07) is 31.0. The maximum atomic E-state index is 14.6. The number of benzene rings is 4. The van der Waals surface area contributed by atoms with Gasteiger partial charge < -0.3 is 9.05 Å². The van der Waals surface area contributed by atoms with Gasteiger partial charge in [-0.25, -0.2) is 0 Å². The molecule has 4 aromatic rings. The molecule has 2 atom stereocenters. The van der Waals surface area contributed by atoms with Crippen molar-refractivity contribution in [1.29, 1.82) is 0 Å². The third-order valence-electron chi connectivity index (χ3n) is 6.99. The zero-order valence-corrected chi connectivity index (χ0v) is 22.5. The van der Waals surface area contributed by atoms with Crippen LogP contribution in [0.5, 0.6) is 11.5 Å². The molecule has 4 aromatic carbocycles. The van der Waals surface area contributed by atoms with Crippen LogP contribution < -0.4 is 19.7 Å². The first-order valence-corrected chi connectivity index (χ1v) is 16.3. The van der Waals surface area contributed by atoms with Crippen LogP contribution in [0.2, 0.25) is 0 Å². The molecule has 2 heterocycles. The molecule has 0 aliphatic carbocycles. The minimum atomic E-state index is -3.33. The van der Waals surface area contributed by atoms with Crippen LogP contribution in [-0.4, -0.2) is 24.0 Å². The van der Waals surface area contributed by atoms with Crippen molar-refractivity contribution in [2.24, 2.45) is 0 Å². The van der Waals surface area contributed by atoms with E-state index >= 15 is 0 Å². The molecule has 0 saturated heterocycles. The molecule has 7 heteroatoms. The lowest BCUT2D eigenvalue weighted by atomic mass is 10.0. The summed E-state index contributed by atoms with van der Waals surface area (Å²) in [5.74, 6) is 1.25. The first-order valence-electron chi connectivity index (χ1n) is 12.7. The summed E-state index contributed by atoms with van der Waals surface area (Å²) in [6.07, 6.45) is 2.17. The number of hydrogen-bond donors (Lipinski definition) is 0. The Bertz CT molecular complexity index is 1450. The number of unbranched alkanes of at least 4 members (excludes halogenated alkanes) is 1. The molecule has 0 bridgehead atoms. The highest BCUT2D eigenvalue weighted by molar-refractivity contribution is 7.68. The molecular formula is C30H29NO4P2. The van der Waals surface area contributed by atoms with E-state index in [-0.39, 0.29) is 12.6 Å². The normalized spacial score (nSPS) is 21.1. The summed E-state index contributed by atoms with van der Waals surface area (Å²) in [7, 11) is -6.66. The van der Waals surface area contributed by atoms with Crippen molar-refractivity contribution in [2.75, 3.05) is 19.1 Å². The van der Waals surface area contributed by atoms with E-state index in [1.165, 1.54) is 0 Å². The van der Waals surface area contributed by atoms with Crippen LogP contribution in [-0.2, 0) is 9.13 Å². The lowest BCUT2D eigenvalue weighted by Gasteiger charge is -2.35. The van der Waals surface area contributed by atoms with E-state index in [4.69, 9.17) is 9.05 Å². The van der Waals surface area contributed by atoms with E-state index in [2.05, 4.69) is 6.92 Å². The van der Waals surface area contributed by atoms with Gasteiger partial charge in [-0.15, -0.1) is 0 Å². The third-order valence-corrected chi connectivity index (χ3v) is 11.8. The van der Waals surface area contributed by atoms with Crippen LogP contribution in [0.1, 0.15) is 19.8 Å². The molecule has 0 saturated carbocycles. The summed E-state index contributed by atoms with van der Waals surface area (Å²) in [5.41, 5.74) is 3.75. The maximum Gasteiger partial charge on any atom is 0.291 e. The van der Waals surface area contributed by atoms with Gasteiger partial charge in [0.05, 0.1) is 23.2 Å². The Morgan fingerprint density at radius 3 is 1.46 bits per heavy atom. The van der Waals surface area contributed by atoms with Crippen LogP contribution in [0.3, 0.4) is 0 Å². The summed E-state index contributed by atoms with van der Waals surface area (Å²) < 4.78 is 41.8. The zero-order chi connectivity index (χ0) is 25.5. The van der Waals surface area contributed by atoms with Gasteiger partial charge in [-0.1, -0.05) is 86.1 Å². The molecule has 2 unspecified atom stereocenters. The molecule has 0 amide bonds. The highest BCUT2D eigenvalue weighted by atomic mass is 31.2. The van der Waals surface area contributed by atoms with Gasteiger partial charge in [0.2, 0.25) is 0 Å². The van der Waals surface area contributed by atoms with Crippen molar-refractivity contribution in [1.82, 2.24) is 4.90 Å². The predicted octanol–water partition coefficient (Wildman–Crippen LogP) is 7.33. The molecule has 37 heavy (non-hydrogen) atoms. The topological polar surface area (TPSA) is 55.8 Å². The zero-order valence-electron chi connectivity index (χ0n) is 20.7. The molecule has 188 valence electrons. The molecule has 2 aliphatic rings. The molecule has 2 aliphatic heterocycles. The van der Waals surface area contributed by atoms with Crippen molar-refractivity contribution in [2.45, 2.75) is 19.8 Å². The van der Waals surface area contributed by atoms with Crippen LogP contribution in [0.4, 0.5) is 0 Å². The van der Waals surface area contributed by atoms with E-state index in [0.29, 0.717) is 28.7 Å². The third kappa shape index (κ3) is 4.36. The van der Waals surface area contributed by atoms with Crippen molar-refractivity contribution in [3.63, 3.8) is 0 Å². The van der Waals surface area contributed by atoms with Crippen LogP contribution in [0.15, 0.2) is 97.1 Å². The number of rotatable bonds is 7. The Balaban J connectivity index is 1.38. The fourth-order valence-electron chi connectivity index (χ4n) is 5.26. The molecular weight excluding hydrogens is 500 g/mol. The van der Waals surface area contributed by atoms with Crippen LogP contribution >= 0.6 is 14.7 Å². The Morgan fingerprint density at radius 2 is 1.00 bits per heavy atom. The Labute approximate surface area is 218 Å². The number of hydrogen-bond acceptors (Lipinski definition) is 5. The second-order valence-electron chi connectivity index (χ2n) is 9.59. The fourth-order valence-corrected chi connectivity index (χ4v) is 10.3. The smallest absolute Gasteiger partial charge is 0.291 e. The second-order valence-corrected chi connectivity index (χ2v) is 14.2. The molecule has 0 N–H and O–H groups in total. The molecule has 0 spiro atoms. The molecule has 5 nitrogen and oxygen atoms in total. The first kappa shape index (κ1) is 24.2.